The third kappa shape index (κ3) is 5.20. The van der Waals surface area contributed by atoms with Crippen molar-refractivity contribution >= 4 is 23.9 Å². The van der Waals surface area contributed by atoms with Gasteiger partial charge < -0.3 is 0 Å². The zero-order valence-electron chi connectivity index (χ0n) is 16.2. The van der Waals surface area contributed by atoms with Crippen molar-refractivity contribution < 1.29 is 9.18 Å². The molecule has 0 saturated carbocycles. The molecule has 0 fully saturated rings. The van der Waals surface area contributed by atoms with Crippen molar-refractivity contribution in [2.24, 2.45) is 5.10 Å². The van der Waals surface area contributed by atoms with Crippen LogP contribution < -0.4 is 5.43 Å². The molecule has 2 aromatic heterocycles. The summed E-state index contributed by atoms with van der Waals surface area (Å²) < 4.78 is 15.1. The number of thioether (sulfide) groups is 1. The zero-order valence-corrected chi connectivity index (χ0v) is 17.0. The lowest BCUT2D eigenvalue weighted by Crippen LogP contribution is -2.20. The Morgan fingerprint density at radius 3 is 2.65 bits per heavy atom. The smallest absolute Gasteiger partial charge is 0.250 e. The van der Waals surface area contributed by atoms with Gasteiger partial charge in [0, 0.05) is 23.6 Å². The van der Waals surface area contributed by atoms with E-state index in [0.717, 1.165) is 11.3 Å². The molecule has 0 atom stereocenters. The fraction of sp³-hybridized carbons (Fsp3) is 0.0455. The maximum atomic E-state index is 13.2. The van der Waals surface area contributed by atoms with Gasteiger partial charge in [0.25, 0.3) is 5.91 Å². The average Bonchev–Trinajstić information content (AvgIpc) is 3.23. The van der Waals surface area contributed by atoms with E-state index < -0.39 is 0 Å². The van der Waals surface area contributed by atoms with Gasteiger partial charge in [0.2, 0.25) is 0 Å². The summed E-state index contributed by atoms with van der Waals surface area (Å²) in [6, 6.07) is 19.3. The Morgan fingerprint density at radius 1 is 1.06 bits per heavy atom. The summed E-state index contributed by atoms with van der Waals surface area (Å²) in [4.78, 5) is 16.3. The SMILES string of the molecule is O=C(CSc1nnc(-c2ccncc2)n1-c1ccccc1)N/N=C\c1cccc(F)c1. The van der Waals surface area contributed by atoms with Crippen LogP contribution in [0.3, 0.4) is 0 Å². The molecule has 1 amide bonds. The Bertz CT molecular complexity index is 1200. The largest absolute Gasteiger partial charge is 0.272 e. The van der Waals surface area contributed by atoms with Crippen LogP contribution in [0, 0.1) is 5.82 Å². The van der Waals surface area contributed by atoms with Crippen LogP contribution in [0.2, 0.25) is 0 Å². The maximum absolute atomic E-state index is 13.2. The minimum Gasteiger partial charge on any atom is -0.272 e. The molecule has 2 aromatic carbocycles. The molecular weight excluding hydrogens is 415 g/mol. The summed E-state index contributed by atoms with van der Waals surface area (Å²) in [5.74, 6) is 0.0596. The summed E-state index contributed by atoms with van der Waals surface area (Å²) in [6.45, 7) is 0. The lowest BCUT2D eigenvalue weighted by molar-refractivity contribution is -0.118. The van der Waals surface area contributed by atoms with Crippen molar-refractivity contribution in [1.29, 1.82) is 0 Å². The molecule has 31 heavy (non-hydrogen) atoms. The van der Waals surface area contributed by atoms with Crippen molar-refractivity contribution in [3.63, 3.8) is 0 Å². The van der Waals surface area contributed by atoms with Crippen LogP contribution in [-0.4, -0.2) is 37.6 Å². The number of benzene rings is 2. The Balaban J connectivity index is 1.48. The van der Waals surface area contributed by atoms with Crippen molar-refractivity contribution in [3.8, 4) is 17.1 Å². The maximum Gasteiger partial charge on any atom is 0.250 e. The van der Waals surface area contributed by atoms with E-state index in [1.165, 1.54) is 30.1 Å². The van der Waals surface area contributed by atoms with Crippen molar-refractivity contribution in [2.75, 3.05) is 5.75 Å². The molecule has 4 aromatic rings. The van der Waals surface area contributed by atoms with Crippen LogP contribution in [0.4, 0.5) is 4.39 Å². The van der Waals surface area contributed by atoms with Gasteiger partial charge in [-0.2, -0.15) is 5.10 Å². The van der Waals surface area contributed by atoms with Gasteiger partial charge in [0.1, 0.15) is 5.82 Å². The minimum atomic E-state index is -0.365. The van der Waals surface area contributed by atoms with E-state index in [2.05, 4.69) is 25.7 Å². The lowest BCUT2D eigenvalue weighted by Gasteiger charge is -2.10. The molecule has 0 bridgehead atoms. The number of nitrogens with zero attached hydrogens (tertiary/aromatic N) is 5. The van der Waals surface area contributed by atoms with Crippen LogP contribution in [0.5, 0.6) is 0 Å². The number of halogens is 1. The van der Waals surface area contributed by atoms with Gasteiger partial charge in [-0.1, -0.05) is 42.1 Å². The minimum absolute atomic E-state index is 0.0851. The van der Waals surface area contributed by atoms with Crippen LogP contribution in [0.25, 0.3) is 17.1 Å². The summed E-state index contributed by atoms with van der Waals surface area (Å²) >= 11 is 1.24. The fourth-order valence-corrected chi connectivity index (χ4v) is 3.53. The van der Waals surface area contributed by atoms with Crippen molar-refractivity contribution in [3.05, 3.63) is 90.5 Å². The van der Waals surface area contributed by atoms with Crippen LogP contribution in [0.15, 0.2) is 89.4 Å². The predicted octanol–water partition coefficient (Wildman–Crippen LogP) is 3.71. The van der Waals surface area contributed by atoms with Crippen LogP contribution in [-0.2, 0) is 4.79 Å². The third-order valence-corrected chi connectivity index (χ3v) is 5.10. The number of carbonyl (C=O) groups is 1. The molecular formula is C22H17FN6OS. The third-order valence-electron chi connectivity index (χ3n) is 4.17. The number of rotatable bonds is 7. The second kappa shape index (κ2) is 9.77. The van der Waals surface area contributed by atoms with Crippen molar-refractivity contribution in [1.82, 2.24) is 25.2 Å². The van der Waals surface area contributed by atoms with Crippen LogP contribution >= 0.6 is 11.8 Å². The first-order valence-corrected chi connectivity index (χ1v) is 10.3. The number of carbonyl (C=O) groups excluding carboxylic acids is 1. The second-order valence-corrected chi connectivity index (χ2v) is 7.29. The number of nitrogens with one attached hydrogen (secondary N) is 1. The highest BCUT2D eigenvalue weighted by Crippen LogP contribution is 2.27. The first kappa shape index (κ1) is 20.4. The second-order valence-electron chi connectivity index (χ2n) is 6.35. The molecule has 0 spiro atoms. The number of para-hydroxylation sites is 1. The summed E-state index contributed by atoms with van der Waals surface area (Å²) in [5, 5.41) is 13.0. The van der Waals surface area contributed by atoms with Gasteiger partial charge >= 0.3 is 0 Å². The van der Waals surface area contributed by atoms with E-state index >= 15 is 0 Å². The van der Waals surface area contributed by atoms with E-state index in [1.54, 1.807) is 24.5 Å². The van der Waals surface area contributed by atoms with E-state index in [-0.39, 0.29) is 17.5 Å². The molecule has 1 N–H and O–H groups in total. The van der Waals surface area contributed by atoms with Gasteiger partial charge in [-0.15, -0.1) is 10.2 Å². The number of hydrogen-bond donors (Lipinski definition) is 1. The average molecular weight is 432 g/mol. The highest BCUT2D eigenvalue weighted by molar-refractivity contribution is 7.99. The normalized spacial score (nSPS) is 11.0. The highest BCUT2D eigenvalue weighted by atomic mass is 32.2. The molecule has 0 aliphatic carbocycles. The fourth-order valence-electron chi connectivity index (χ4n) is 2.79. The molecule has 2 heterocycles. The number of amides is 1. The first-order valence-electron chi connectivity index (χ1n) is 9.32. The Morgan fingerprint density at radius 2 is 1.87 bits per heavy atom. The van der Waals surface area contributed by atoms with E-state index in [4.69, 9.17) is 0 Å². The standard InChI is InChI=1S/C22H17FN6OS/c23-18-6-4-5-16(13-18)14-25-26-20(30)15-31-22-28-27-21(17-9-11-24-12-10-17)29(22)19-7-2-1-3-8-19/h1-14H,15H2,(H,26,30)/b25-14-. The zero-order chi connectivity index (χ0) is 21.5. The number of aromatic nitrogens is 4. The molecule has 9 heteroatoms. The monoisotopic (exact) mass is 432 g/mol. The Labute approximate surface area is 182 Å². The molecule has 0 aliphatic heterocycles. The lowest BCUT2D eigenvalue weighted by atomic mass is 10.2. The van der Waals surface area contributed by atoms with Gasteiger partial charge in [-0.3, -0.25) is 14.3 Å². The van der Waals surface area contributed by atoms with E-state index in [0.29, 0.717) is 16.5 Å². The predicted molar refractivity (Wildman–Crippen MR) is 117 cm³/mol. The summed E-state index contributed by atoms with van der Waals surface area (Å²) in [5.41, 5.74) is 4.74. The summed E-state index contributed by atoms with van der Waals surface area (Å²) in [7, 11) is 0. The molecule has 0 aliphatic rings. The van der Waals surface area contributed by atoms with E-state index in [1.807, 2.05) is 47.0 Å². The summed E-state index contributed by atoms with van der Waals surface area (Å²) in [6.07, 6.45) is 4.77. The van der Waals surface area contributed by atoms with E-state index in [9.17, 15) is 9.18 Å². The molecule has 0 radical (unpaired) electrons. The number of pyridine rings is 1. The molecule has 4 rings (SSSR count). The highest BCUT2D eigenvalue weighted by Gasteiger charge is 2.17. The molecule has 0 saturated heterocycles. The van der Waals surface area contributed by atoms with Gasteiger partial charge in [-0.25, -0.2) is 9.82 Å². The van der Waals surface area contributed by atoms with Crippen molar-refractivity contribution in [2.45, 2.75) is 5.16 Å². The Hall–Kier alpha value is -3.85. The quantitative estimate of drug-likeness (QED) is 0.273. The first-order chi connectivity index (χ1) is 15.2. The van der Waals surface area contributed by atoms with Gasteiger partial charge in [-0.05, 0) is 42.0 Å². The Kier molecular flexibility index (Phi) is 6.44. The molecule has 154 valence electrons. The van der Waals surface area contributed by atoms with Gasteiger partial charge in [0.15, 0.2) is 11.0 Å². The number of hydrazone groups is 1. The van der Waals surface area contributed by atoms with Crippen LogP contribution in [0.1, 0.15) is 5.56 Å². The topological polar surface area (TPSA) is 85.1 Å². The number of hydrogen-bond acceptors (Lipinski definition) is 6. The molecule has 7 nitrogen and oxygen atoms in total. The molecule has 0 unspecified atom stereocenters. The van der Waals surface area contributed by atoms with Gasteiger partial charge in [0.05, 0.1) is 12.0 Å².